The average molecular weight is 144 g/mol. The van der Waals surface area contributed by atoms with Crippen LogP contribution in [0.15, 0.2) is 0 Å². The van der Waals surface area contributed by atoms with Crippen molar-refractivity contribution in [2.24, 2.45) is 5.73 Å². The zero-order chi connectivity index (χ0) is 7.82. The van der Waals surface area contributed by atoms with E-state index in [1.165, 1.54) is 12.8 Å². The van der Waals surface area contributed by atoms with E-state index < -0.39 is 0 Å². The average Bonchev–Trinajstić information content (AvgIpc) is 1.98. The molecule has 0 saturated carbocycles. The normalized spacial score (nSPS) is 13.5. The second kappa shape index (κ2) is 7.03. The molecule has 0 aliphatic rings. The fourth-order valence-electron chi connectivity index (χ4n) is 0.734. The highest BCUT2D eigenvalue weighted by Gasteiger charge is 1.95. The van der Waals surface area contributed by atoms with Gasteiger partial charge in [-0.3, -0.25) is 0 Å². The predicted molar refractivity (Wildman–Crippen MR) is 46.0 cm³/mol. The van der Waals surface area contributed by atoms with Gasteiger partial charge in [-0.25, -0.2) is 0 Å². The third kappa shape index (κ3) is 6.05. The summed E-state index contributed by atoms with van der Waals surface area (Å²) in [5.41, 5.74) is 5.69. The molecule has 0 aromatic heterocycles. The van der Waals surface area contributed by atoms with E-state index in [1.807, 2.05) is 0 Å². The summed E-state index contributed by atoms with van der Waals surface area (Å²) in [7, 11) is 0. The minimum absolute atomic E-state index is 0.344. The summed E-state index contributed by atoms with van der Waals surface area (Å²) < 4.78 is 0. The van der Waals surface area contributed by atoms with Crippen molar-refractivity contribution in [2.75, 3.05) is 13.1 Å². The van der Waals surface area contributed by atoms with Gasteiger partial charge in [-0.15, -0.1) is 0 Å². The van der Waals surface area contributed by atoms with E-state index in [0.29, 0.717) is 6.04 Å². The van der Waals surface area contributed by atoms with E-state index >= 15 is 0 Å². The van der Waals surface area contributed by atoms with Crippen LogP contribution < -0.4 is 11.1 Å². The Hall–Kier alpha value is -0.0800. The van der Waals surface area contributed by atoms with Crippen LogP contribution in [0.5, 0.6) is 0 Å². The molecule has 2 nitrogen and oxygen atoms in total. The van der Waals surface area contributed by atoms with Gasteiger partial charge in [0.1, 0.15) is 0 Å². The molecule has 0 rings (SSSR count). The molecule has 0 aromatic carbocycles. The summed E-state index contributed by atoms with van der Waals surface area (Å²) in [6.45, 7) is 6.40. The van der Waals surface area contributed by atoms with E-state index in [2.05, 4.69) is 19.2 Å². The maximum atomic E-state index is 5.69. The Labute approximate surface area is 64.2 Å². The monoisotopic (exact) mass is 144 g/mol. The molecule has 0 bridgehead atoms. The molecule has 0 aromatic rings. The molecular formula is C8H20N2. The van der Waals surface area contributed by atoms with Crippen molar-refractivity contribution in [3.05, 3.63) is 0 Å². The molecule has 0 unspecified atom stereocenters. The SMILES string of the molecule is CCCCNC[C@H](N)CC. The van der Waals surface area contributed by atoms with Crippen LogP contribution in [0.2, 0.25) is 0 Å². The fourth-order valence-corrected chi connectivity index (χ4v) is 0.734. The lowest BCUT2D eigenvalue weighted by molar-refractivity contribution is 0.551. The summed E-state index contributed by atoms with van der Waals surface area (Å²) in [6.07, 6.45) is 3.59. The van der Waals surface area contributed by atoms with Crippen LogP contribution in [0.3, 0.4) is 0 Å². The van der Waals surface area contributed by atoms with Crippen molar-refractivity contribution < 1.29 is 0 Å². The Kier molecular flexibility index (Phi) is 6.98. The number of hydrogen-bond donors (Lipinski definition) is 2. The van der Waals surface area contributed by atoms with Gasteiger partial charge in [0.05, 0.1) is 0 Å². The molecule has 0 fully saturated rings. The van der Waals surface area contributed by atoms with Crippen molar-refractivity contribution in [2.45, 2.75) is 39.2 Å². The first kappa shape index (κ1) is 9.92. The molecule has 0 amide bonds. The molecule has 0 aliphatic heterocycles. The maximum absolute atomic E-state index is 5.69. The van der Waals surface area contributed by atoms with Crippen LogP contribution in [0.25, 0.3) is 0 Å². The van der Waals surface area contributed by atoms with Gasteiger partial charge in [0, 0.05) is 12.6 Å². The fraction of sp³-hybridized carbons (Fsp3) is 1.00. The predicted octanol–water partition coefficient (Wildman–Crippen LogP) is 1.11. The molecule has 0 heterocycles. The Morgan fingerprint density at radius 1 is 1.40 bits per heavy atom. The third-order valence-electron chi connectivity index (χ3n) is 1.64. The van der Waals surface area contributed by atoms with Crippen molar-refractivity contribution in [3.63, 3.8) is 0 Å². The zero-order valence-corrected chi connectivity index (χ0v) is 7.19. The van der Waals surface area contributed by atoms with Gasteiger partial charge in [-0.2, -0.15) is 0 Å². The Morgan fingerprint density at radius 2 is 2.10 bits per heavy atom. The van der Waals surface area contributed by atoms with Crippen molar-refractivity contribution in [3.8, 4) is 0 Å². The van der Waals surface area contributed by atoms with E-state index in [4.69, 9.17) is 5.73 Å². The van der Waals surface area contributed by atoms with Gasteiger partial charge in [0.2, 0.25) is 0 Å². The summed E-state index contributed by atoms with van der Waals surface area (Å²) in [5.74, 6) is 0. The smallest absolute Gasteiger partial charge is 0.0162 e. The number of rotatable bonds is 6. The van der Waals surface area contributed by atoms with Gasteiger partial charge in [0.15, 0.2) is 0 Å². The second-order valence-corrected chi connectivity index (χ2v) is 2.73. The van der Waals surface area contributed by atoms with Crippen LogP contribution in [-0.2, 0) is 0 Å². The van der Waals surface area contributed by atoms with Crippen LogP contribution in [-0.4, -0.2) is 19.1 Å². The van der Waals surface area contributed by atoms with Crippen LogP contribution in [0.4, 0.5) is 0 Å². The first-order chi connectivity index (χ1) is 4.81. The maximum Gasteiger partial charge on any atom is 0.0162 e. The number of hydrogen-bond acceptors (Lipinski definition) is 2. The second-order valence-electron chi connectivity index (χ2n) is 2.73. The Bertz CT molecular complexity index is 64.3. The molecule has 0 saturated heterocycles. The lowest BCUT2D eigenvalue weighted by Crippen LogP contribution is -2.33. The minimum Gasteiger partial charge on any atom is -0.327 e. The first-order valence-electron chi connectivity index (χ1n) is 4.27. The van der Waals surface area contributed by atoms with Gasteiger partial charge in [-0.05, 0) is 19.4 Å². The summed E-state index contributed by atoms with van der Waals surface area (Å²) in [5, 5.41) is 3.31. The van der Waals surface area contributed by atoms with Gasteiger partial charge in [-0.1, -0.05) is 20.3 Å². The summed E-state index contributed by atoms with van der Waals surface area (Å²) >= 11 is 0. The summed E-state index contributed by atoms with van der Waals surface area (Å²) in [4.78, 5) is 0. The molecule has 0 radical (unpaired) electrons. The van der Waals surface area contributed by atoms with E-state index in [-0.39, 0.29) is 0 Å². The quantitative estimate of drug-likeness (QED) is 0.548. The molecule has 3 N–H and O–H groups in total. The van der Waals surface area contributed by atoms with Gasteiger partial charge >= 0.3 is 0 Å². The largest absolute Gasteiger partial charge is 0.327 e. The van der Waals surface area contributed by atoms with E-state index in [9.17, 15) is 0 Å². The minimum atomic E-state index is 0.344. The highest BCUT2D eigenvalue weighted by atomic mass is 14.9. The lowest BCUT2D eigenvalue weighted by Gasteiger charge is -2.08. The van der Waals surface area contributed by atoms with Crippen molar-refractivity contribution in [1.29, 1.82) is 0 Å². The van der Waals surface area contributed by atoms with Gasteiger partial charge < -0.3 is 11.1 Å². The lowest BCUT2D eigenvalue weighted by atomic mass is 10.2. The molecule has 0 aliphatic carbocycles. The summed E-state index contributed by atoms with van der Waals surface area (Å²) in [6, 6.07) is 0.344. The van der Waals surface area contributed by atoms with Crippen molar-refractivity contribution in [1.82, 2.24) is 5.32 Å². The number of nitrogens with one attached hydrogen (secondary N) is 1. The van der Waals surface area contributed by atoms with E-state index in [0.717, 1.165) is 19.5 Å². The zero-order valence-electron chi connectivity index (χ0n) is 7.19. The number of unbranched alkanes of at least 4 members (excludes halogenated alkanes) is 1. The first-order valence-corrected chi connectivity index (χ1v) is 4.27. The Morgan fingerprint density at radius 3 is 2.60 bits per heavy atom. The van der Waals surface area contributed by atoms with Gasteiger partial charge in [0.25, 0.3) is 0 Å². The van der Waals surface area contributed by atoms with Crippen LogP contribution >= 0.6 is 0 Å². The topological polar surface area (TPSA) is 38.0 Å². The van der Waals surface area contributed by atoms with Crippen LogP contribution in [0, 0.1) is 0 Å². The molecular weight excluding hydrogens is 124 g/mol. The number of nitrogens with two attached hydrogens (primary N) is 1. The molecule has 62 valence electrons. The Balaban J connectivity index is 2.89. The van der Waals surface area contributed by atoms with E-state index in [1.54, 1.807) is 0 Å². The molecule has 10 heavy (non-hydrogen) atoms. The molecule has 1 atom stereocenters. The third-order valence-corrected chi connectivity index (χ3v) is 1.64. The van der Waals surface area contributed by atoms with Crippen molar-refractivity contribution >= 4 is 0 Å². The highest BCUT2D eigenvalue weighted by Crippen LogP contribution is 1.85. The van der Waals surface area contributed by atoms with Crippen LogP contribution in [0.1, 0.15) is 33.1 Å². The molecule has 0 spiro atoms. The molecule has 2 heteroatoms. The highest BCUT2D eigenvalue weighted by molar-refractivity contribution is 4.61. The standard InChI is InChI=1S/C8H20N2/c1-3-5-6-10-7-8(9)4-2/h8,10H,3-7,9H2,1-2H3/t8-/m1/s1.